The Morgan fingerprint density at radius 2 is 2.11 bits per heavy atom. The van der Waals surface area contributed by atoms with Crippen molar-refractivity contribution < 1.29 is 4.74 Å². The fourth-order valence-electron chi connectivity index (χ4n) is 1.57. The highest BCUT2D eigenvalue weighted by molar-refractivity contribution is 9.10. The first-order chi connectivity index (χ1) is 9.29. The fraction of sp³-hybridized carbons (Fsp3) is 0.200. The summed E-state index contributed by atoms with van der Waals surface area (Å²) < 4.78 is 6.50. The lowest BCUT2D eigenvalue weighted by Crippen LogP contribution is -2.00. The lowest BCUT2D eigenvalue weighted by Gasteiger charge is -2.05. The van der Waals surface area contributed by atoms with Crippen LogP contribution in [0.25, 0.3) is 0 Å². The molecule has 2 aromatic rings. The summed E-state index contributed by atoms with van der Waals surface area (Å²) in [6.07, 6.45) is 2.25. The van der Waals surface area contributed by atoms with Crippen LogP contribution in [0.2, 0.25) is 0 Å². The standard InChI is InChI=1S/C15H13BrN2O/c1-2-3-8-19-15-10-13(17-11-18-15)9-12-6-4-5-7-14(12)16/h4-7,10-11H,8-9H2,1H3. The van der Waals surface area contributed by atoms with E-state index < -0.39 is 0 Å². The van der Waals surface area contributed by atoms with Gasteiger partial charge in [0.2, 0.25) is 5.88 Å². The van der Waals surface area contributed by atoms with Gasteiger partial charge in [-0.05, 0) is 18.6 Å². The van der Waals surface area contributed by atoms with Crippen molar-refractivity contribution in [3.8, 4) is 17.7 Å². The summed E-state index contributed by atoms with van der Waals surface area (Å²) in [6.45, 7) is 2.13. The fourth-order valence-corrected chi connectivity index (χ4v) is 2.00. The Bertz CT molecular complexity index is 617. The van der Waals surface area contributed by atoms with Crippen molar-refractivity contribution in [2.45, 2.75) is 13.3 Å². The van der Waals surface area contributed by atoms with E-state index in [1.165, 1.54) is 11.9 Å². The largest absolute Gasteiger partial charge is 0.464 e. The second-order valence-corrected chi connectivity index (χ2v) is 4.69. The van der Waals surface area contributed by atoms with Crippen LogP contribution >= 0.6 is 15.9 Å². The van der Waals surface area contributed by atoms with Crippen LogP contribution in [-0.4, -0.2) is 16.6 Å². The Hall–Kier alpha value is -1.86. The third-order valence-electron chi connectivity index (χ3n) is 2.50. The van der Waals surface area contributed by atoms with Crippen LogP contribution in [0.1, 0.15) is 18.2 Å². The van der Waals surface area contributed by atoms with Gasteiger partial charge in [-0.2, -0.15) is 0 Å². The molecule has 4 heteroatoms. The summed E-state index contributed by atoms with van der Waals surface area (Å²) in [5.41, 5.74) is 2.10. The summed E-state index contributed by atoms with van der Waals surface area (Å²) >= 11 is 3.53. The molecule has 0 bridgehead atoms. The minimum atomic E-state index is 0.349. The monoisotopic (exact) mass is 316 g/mol. The van der Waals surface area contributed by atoms with Crippen molar-refractivity contribution in [1.82, 2.24) is 9.97 Å². The first-order valence-corrected chi connectivity index (χ1v) is 6.65. The zero-order valence-electron chi connectivity index (χ0n) is 10.6. The molecule has 1 aromatic heterocycles. The molecule has 1 aromatic carbocycles. The molecular weight excluding hydrogens is 304 g/mol. The molecule has 0 radical (unpaired) electrons. The van der Waals surface area contributed by atoms with Gasteiger partial charge in [0.15, 0.2) is 6.61 Å². The predicted molar refractivity (Wildman–Crippen MR) is 77.9 cm³/mol. The number of nitrogens with zero attached hydrogens (tertiary/aromatic N) is 2. The summed E-state index contributed by atoms with van der Waals surface area (Å²) in [4.78, 5) is 8.32. The van der Waals surface area contributed by atoms with E-state index in [2.05, 4.69) is 43.8 Å². The Morgan fingerprint density at radius 1 is 1.26 bits per heavy atom. The van der Waals surface area contributed by atoms with E-state index in [1.807, 2.05) is 24.3 Å². The van der Waals surface area contributed by atoms with Gasteiger partial charge < -0.3 is 4.74 Å². The minimum Gasteiger partial charge on any atom is -0.464 e. The van der Waals surface area contributed by atoms with Crippen molar-refractivity contribution in [2.75, 3.05) is 6.61 Å². The maximum absolute atomic E-state index is 5.42. The van der Waals surface area contributed by atoms with Gasteiger partial charge in [-0.3, -0.25) is 0 Å². The van der Waals surface area contributed by atoms with Gasteiger partial charge in [0.1, 0.15) is 6.33 Å². The van der Waals surface area contributed by atoms with Gasteiger partial charge in [0, 0.05) is 17.0 Å². The maximum Gasteiger partial charge on any atom is 0.217 e. The Balaban J connectivity index is 2.10. The van der Waals surface area contributed by atoms with Crippen LogP contribution in [0, 0.1) is 11.8 Å². The zero-order chi connectivity index (χ0) is 13.5. The number of ether oxygens (including phenoxy) is 1. The molecule has 0 fully saturated rings. The molecule has 96 valence electrons. The Labute approximate surface area is 121 Å². The molecule has 0 saturated carbocycles. The number of halogens is 1. The second-order valence-electron chi connectivity index (χ2n) is 3.83. The van der Waals surface area contributed by atoms with Gasteiger partial charge in [-0.1, -0.05) is 40.0 Å². The molecule has 0 unspecified atom stereocenters. The minimum absolute atomic E-state index is 0.349. The van der Waals surface area contributed by atoms with E-state index in [0.29, 0.717) is 12.5 Å². The SMILES string of the molecule is CC#CCOc1cc(Cc2ccccc2Br)ncn1. The molecular formula is C15H13BrN2O. The molecule has 3 nitrogen and oxygen atoms in total. The van der Waals surface area contributed by atoms with Crippen molar-refractivity contribution in [3.05, 3.63) is 52.4 Å². The van der Waals surface area contributed by atoms with Gasteiger partial charge >= 0.3 is 0 Å². The predicted octanol–water partition coefficient (Wildman–Crippen LogP) is 3.23. The molecule has 19 heavy (non-hydrogen) atoms. The number of benzene rings is 1. The zero-order valence-corrected chi connectivity index (χ0v) is 12.1. The topological polar surface area (TPSA) is 35.0 Å². The van der Waals surface area contributed by atoms with Crippen LogP contribution in [0.4, 0.5) is 0 Å². The number of aromatic nitrogens is 2. The van der Waals surface area contributed by atoms with E-state index in [4.69, 9.17) is 4.74 Å². The summed E-state index contributed by atoms with van der Waals surface area (Å²) in [5, 5.41) is 0. The van der Waals surface area contributed by atoms with Crippen LogP contribution in [0.15, 0.2) is 41.1 Å². The molecule has 0 N–H and O–H groups in total. The third-order valence-corrected chi connectivity index (χ3v) is 3.27. The van der Waals surface area contributed by atoms with Crippen molar-refractivity contribution >= 4 is 15.9 Å². The van der Waals surface area contributed by atoms with Gasteiger partial charge in [0.05, 0.1) is 5.69 Å². The van der Waals surface area contributed by atoms with Crippen molar-refractivity contribution in [1.29, 1.82) is 0 Å². The molecule has 0 atom stereocenters. The van der Waals surface area contributed by atoms with Gasteiger partial charge in [-0.25, -0.2) is 9.97 Å². The highest BCUT2D eigenvalue weighted by atomic mass is 79.9. The number of hydrogen-bond acceptors (Lipinski definition) is 3. The number of rotatable bonds is 4. The number of hydrogen-bond donors (Lipinski definition) is 0. The van der Waals surface area contributed by atoms with Gasteiger partial charge in [0.25, 0.3) is 0 Å². The van der Waals surface area contributed by atoms with Crippen LogP contribution < -0.4 is 4.74 Å². The Morgan fingerprint density at radius 3 is 2.89 bits per heavy atom. The molecule has 2 rings (SSSR count). The summed E-state index contributed by atoms with van der Waals surface area (Å²) in [7, 11) is 0. The molecule has 1 heterocycles. The average Bonchev–Trinajstić information content (AvgIpc) is 2.42. The molecule has 0 aliphatic carbocycles. The van der Waals surface area contributed by atoms with E-state index in [1.54, 1.807) is 6.92 Å². The van der Waals surface area contributed by atoms with Crippen LogP contribution in [-0.2, 0) is 6.42 Å². The molecule has 0 aliphatic rings. The highest BCUT2D eigenvalue weighted by Crippen LogP contribution is 2.19. The lowest BCUT2D eigenvalue weighted by molar-refractivity contribution is 0.354. The molecule has 0 aliphatic heterocycles. The highest BCUT2D eigenvalue weighted by Gasteiger charge is 2.04. The van der Waals surface area contributed by atoms with E-state index in [-0.39, 0.29) is 0 Å². The average molecular weight is 317 g/mol. The Kier molecular flexibility index (Phi) is 4.93. The second kappa shape index (κ2) is 6.91. The van der Waals surface area contributed by atoms with E-state index in [9.17, 15) is 0 Å². The maximum atomic E-state index is 5.42. The summed E-state index contributed by atoms with van der Waals surface area (Å²) in [5.74, 6) is 6.17. The molecule has 0 spiro atoms. The van der Waals surface area contributed by atoms with Crippen LogP contribution in [0.3, 0.4) is 0 Å². The normalized spacial score (nSPS) is 9.58. The third kappa shape index (κ3) is 4.08. The van der Waals surface area contributed by atoms with Gasteiger partial charge in [-0.15, -0.1) is 5.92 Å². The summed E-state index contributed by atoms with van der Waals surface area (Å²) in [6, 6.07) is 9.93. The lowest BCUT2D eigenvalue weighted by atomic mass is 10.1. The van der Waals surface area contributed by atoms with E-state index in [0.717, 1.165) is 16.6 Å². The quantitative estimate of drug-likeness (QED) is 0.812. The first kappa shape index (κ1) is 13.6. The molecule has 0 saturated heterocycles. The van der Waals surface area contributed by atoms with Crippen molar-refractivity contribution in [2.24, 2.45) is 0 Å². The molecule has 0 amide bonds. The smallest absolute Gasteiger partial charge is 0.217 e. The van der Waals surface area contributed by atoms with Crippen molar-refractivity contribution in [3.63, 3.8) is 0 Å². The van der Waals surface area contributed by atoms with Crippen LogP contribution in [0.5, 0.6) is 5.88 Å². The first-order valence-electron chi connectivity index (χ1n) is 5.86. The van der Waals surface area contributed by atoms with E-state index >= 15 is 0 Å².